The summed E-state index contributed by atoms with van der Waals surface area (Å²) in [7, 11) is 4.00. The Hall–Kier alpha value is -1.88. The average Bonchev–Trinajstić information content (AvgIpc) is 2.53. The fraction of sp³-hybridized carbons (Fsp3) is 0.278. The highest BCUT2D eigenvalue weighted by Gasteiger charge is 2.15. The van der Waals surface area contributed by atoms with Crippen LogP contribution in [-0.4, -0.2) is 36.6 Å². The average molecular weight is 333 g/mol. The molecule has 0 fully saturated rings. The van der Waals surface area contributed by atoms with Crippen LogP contribution < -0.4 is 5.32 Å². The molecule has 0 heterocycles. The molecule has 0 saturated heterocycles. The smallest absolute Gasteiger partial charge is 0.251 e. The highest BCUT2D eigenvalue weighted by atomic mass is 35.5. The van der Waals surface area contributed by atoms with E-state index in [1.165, 1.54) is 0 Å². The molecular weight excluding hydrogens is 312 g/mol. The third kappa shape index (κ3) is 5.06. The summed E-state index contributed by atoms with van der Waals surface area (Å²) >= 11 is 5.86. The highest BCUT2D eigenvalue weighted by Crippen LogP contribution is 2.17. The van der Waals surface area contributed by atoms with E-state index in [9.17, 15) is 9.90 Å². The van der Waals surface area contributed by atoms with Crippen molar-refractivity contribution in [3.05, 3.63) is 70.2 Å². The Bertz CT molecular complexity index is 639. The van der Waals surface area contributed by atoms with E-state index in [1.807, 2.05) is 26.2 Å². The maximum absolute atomic E-state index is 12.3. The summed E-state index contributed by atoms with van der Waals surface area (Å²) < 4.78 is 0. The number of aliphatic hydroxyl groups is 1. The molecule has 1 atom stereocenters. The van der Waals surface area contributed by atoms with Crippen molar-refractivity contribution in [2.75, 3.05) is 20.7 Å². The lowest BCUT2D eigenvalue weighted by Gasteiger charge is -2.17. The summed E-state index contributed by atoms with van der Waals surface area (Å²) in [5.74, 6) is -0.213. The number of hydrogen-bond acceptors (Lipinski definition) is 3. The largest absolute Gasteiger partial charge is 0.394 e. The number of nitrogens with zero attached hydrogens (tertiary/aromatic N) is 1. The lowest BCUT2D eigenvalue weighted by atomic mass is 10.1. The molecule has 0 aliphatic rings. The number of benzene rings is 2. The van der Waals surface area contributed by atoms with Crippen LogP contribution in [0.1, 0.15) is 27.5 Å². The van der Waals surface area contributed by atoms with Gasteiger partial charge in [0.15, 0.2) is 0 Å². The first-order chi connectivity index (χ1) is 11.0. The third-order valence-electron chi connectivity index (χ3n) is 3.48. The predicted octanol–water partition coefficient (Wildman–Crippen LogP) is 2.87. The zero-order chi connectivity index (χ0) is 16.8. The summed E-state index contributed by atoms with van der Waals surface area (Å²) in [6.45, 7) is 0.651. The Kier molecular flexibility index (Phi) is 6.16. The quantitative estimate of drug-likeness (QED) is 0.855. The van der Waals surface area contributed by atoms with E-state index >= 15 is 0 Å². The topological polar surface area (TPSA) is 52.6 Å². The fourth-order valence-electron chi connectivity index (χ4n) is 2.30. The zero-order valence-electron chi connectivity index (χ0n) is 13.3. The van der Waals surface area contributed by atoms with Crippen LogP contribution >= 0.6 is 11.6 Å². The maximum atomic E-state index is 12.3. The van der Waals surface area contributed by atoms with E-state index in [0.717, 1.165) is 17.7 Å². The molecule has 1 amide bonds. The molecule has 122 valence electrons. The van der Waals surface area contributed by atoms with Gasteiger partial charge in [-0.1, -0.05) is 35.9 Å². The van der Waals surface area contributed by atoms with Gasteiger partial charge in [0.2, 0.25) is 0 Å². The van der Waals surface area contributed by atoms with E-state index in [4.69, 9.17) is 11.6 Å². The van der Waals surface area contributed by atoms with Gasteiger partial charge in [0, 0.05) is 17.1 Å². The molecule has 0 radical (unpaired) electrons. The van der Waals surface area contributed by atoms with Gasteiger partial charge in [0.25, 0.3) is 5.91 Å². The predicted molar refractivity (Wildman–Crippen MR) is 92.6 cm³/mol. The maximum Gasteiger partial charge on any atom is 0.251 e. The lowest BCUT2D eigenvalue weighted by Crippen LogP contribution is -2.30. The van der Waals surface area contributed by atoms with Crippen LogP contribution in [-0.2, 0) is 6.54 Å². The van der Waals surface area contributed by atoms with Gasteiger partial charge in [0.1, 0.15) is 0 Å². The molecule has 2 aromatic rings. The van der Waals surface area contributed by atoms with Gasteiger partial charge in [0.05, 0.1) is 12.6 Å². The molecule has 5 heteroatoms. The van der Waals surface area contributed by atoms with Crippen molar-refractivity contribution in [2.24, 2.45) is 0 Å². The second kappa shape index (κ2) is 8.11. The van der Waals surface area contributed by atoms with Crippen LogP contribution in [0.2, 0.25) is 5.02 Å². The van der Waals surface area contributed by atoms with Gasteiger partial charge in [-0.25, -0.2) is 0 Å². The molecule has 0 aromatic heterocycles. The van der Waals surface area contributed by atoms with Crippen molar-refractivity contribution in [1.29, 1.82) is 0 Å². The molecule has 0 aliphatic carbocycles. The molecule has 0 aliphatic heterocycles. The monoisotopic (exact) mass is 332 g/mol. The van der Waals surface area contributed by atoms with Crippen molar-refractivity contribution in [2.45, 2.75) is 12.6 Å². The second-order valence-electron chi connectivity index (χ2n) is 5.69. The van der Waals surface area contributed by atoms with Crippen molar-refractivity contribution < 1.29 is 9.90 Å². The second-order valence-corrected chi connectivity index (χ2v) is 6.13. The molecule has 1 unspecified atom stereocenters. The molecule has 2 aromatic carbocycles. The summed E-state index contributed by atoms with van der Waals surface area (Å²) in [6, 6.07) is 14.1. The molecule has 0 spiro atoms. The van der Waals surface area contributed by atoms with Gasteiger partial charge in [-0.15, -0.1) is 0 Å². The Balaban J connectivity index is 2.05. The minimum atomic E-state index is -0.457. The molecule has 2 rings (SSSR count). The van der Waals surface area contributed by atoms with E-state index < -0.39 is 6.04 Å². The zero-order valence-corrected chi connectivity index (χ0v) is 14.0. The van der Waals surface area contributed by atoms with Crippen molar-refractivity contribution >= 4 is 17.5 Å². The van der Waals surface area contributed by atoms with E-state index in [0.29, 0.717) is 10.6 Å². The number of carbonyl (C=O) groups excluding carboxylic acids is 1. The number of aliphatic hydroxyl groups excluding tert-OH is 1. The normalized spacial score (nSPS) is 12.2. The SMILES string of the molecule is CN(C)Cc1ccc(C(=O)NC(CO)c2ccc(Cl)cc2)cc1. The summed E-state index contributed by atoms with van der Waals surface area (Å²) in [5, 5.41) is 13.0. The molecular formula is C18H21ClN2O2. The van der Waals surface area contributed by atoms with Crippen LogP contribution in [0.4, 0.5) is 0 Å². The van der Waals surface area contributed by atoms with Crippen LogP contribution in [0, 0.1) is 0 Å². The standard InChI is InChI=1S/C18H21ClN2O2/c1-21(2)11-13-3-5-15(6-4-13)18(23)20-17(12-22)14-7-9-16(19)10-8-14/h3-10,17,22H,11-12H2,1-2H3,(H,20,23). The highest BCUT2D eigenvalue weighted by molar-refractivity contribution is 6.30. The number of amides is 1. The fourth-order valence-corrected chi connectivity index (χ4v) is 2.42. The van der Waals surface area contributed by atoms with E-state index in [-0.39, 0.29) is 12.5 Å². The number of nitrogens with one attached hydrogen (secondary N) is 1. The Morgan fingerprint density at radius 2 is 1.74 bits per heavy atom. The van der Waals surface area contributed by atoms with Gasteiger partial charge in [-0.05, 0) is 49.5 Å². The number of halogens is 1. The minimum absolute atomic E-state index is 0.175. The van der Waals surface area contributed by atoms with Crippen molar-refractivity contribution in [3.63, 3.8) is 0 Å². The van der Waals surface area contributed by atoms with Crippen LogP contribution in [0.5, 0.6) is 0 Å². The molecule has 4 nitrogen and oxygen atoms in total. The van der Waals surface area contributed by atoms with Gasteiger partial charge < -0.3 is 15.3 Å². The first-order valence-corrected chi connectivity index (χ1v) is 7.78. The molecule has 0 bridgehead atoms. The number of rotatable bonds is 6. The molecule has 0 saturated carbocycles. The third-order valence-corrected chi connectivity index (χ3v) is 3.73. The number of hydrogen-bond donors (Lipinski definition) is 2. The van der Waals surface area contributed by atoms with Crippen LogP contribution in [0.25, 0.3) is 0 Å². The molecule has 2 N–H and O–H groups in total. The first-order valence-electron chi connectivity index (χ1n) is 7.40. The summed E-state index contributed by atoms with van der Waals surface area (Å²) in [6.07, 6.45) is 0. The van der Waals surface area contributed by atoms with E-state index in [1.54, 1.807) is 36.4 Å². The summed E-state index contributed by atoms with van der Waals surface area (Å²) in [4.78, 5) is 14.4. The van der Waals surface area contributed by atoms with Gasteiger partial charge in [-0.3, -0.25) is 4.79 Å². The van der Waals surface area contributed by atoms with Gasteiger partial charge in [-0.2, -0.15) is 0 Å². The molecule has 23 heavy (non-hydrogen) atoms. The Morgan fingerprint density at radius 1 is 1.13 bits per heavy atom. The van der Waals surface area contributed by atoms with Gasteiger partial charge >= 0.3 is 0 Å². The lowest BCUT2D eigenvalue weighted by molar-refractivity contribution is 0.0916. The minimum Gasteiger partial charge on any atom is -0.394 e. The van der Waals surface area contributed by atoms with E-state index in [2.05, 4.69) is 10.2 Å². The van der Waals surface area contributed by atoms with Crippen molar-refractivity contribution in [1.82, 2.24) is 10.2 Å². The van der Waals surface area contributed by atoms with Crippen molar-refractivity contribution in [3.8, 4) is 0 Å². The van der Waals surface area contributed by atoms with Crippen LogP contribution in [0.3, 0.4) is 0 Å². The first kappa shape index (κ1) is 17.5. The number of carbonyl (C=O) groups is 1. The van der Waals surface area contributed by atoms with Crippen LogP contribution in [0.15, 0.2) is 48.5 Å². The summed E-state index contributed by atoms with van der Waals surface area (Å²) in [5.41, 5.74) is 2.53. The Morgan fingerprint density at radius 3 is 2.26 bits per heavy atom. The Labute approximate surface area is 141 Å².